The molecule has 1 aromatic rings. The summed E-state index contributed by atoms with van der Waals surface area (Å²) in [5.41, 5.74) is 3.85. The predicted molar refractivity (Wildman–Crippen MR) is 60.8 cm³/mol. The van der Waals surface area contributed by atoms with Gasteiger partial charge in [0.15, 0.2) is 0 Å². The van der Waals surface area contributed by atoms with Gasteiger partial charge in [-0.25, -0.2) is 0 Å². The summed E-state index contributed by atoms with van der Waals surface area (Å²) in [4.78, 5) is 2.73. The van der Waals surface area contributed by atoms with Gasteiger partial charge in [-0.1, -0.05) is 24.3 Å². The number of rotatable bonds is 1. The Morgan fingerprint density at radius 3 is 2.67 bits per heavy atom. The zero-order valence-corrected chi connectivity index (χ0v) is 9.08. The van der Waals surface area contributed by atoms with E-state index in [2.05, 4.69) is 29.2 Å². The molecule has 2 fully saturated rings. The largest absolute Gasteiger partial charge is 0.295 e. The Bertz CT molecular complexity index is 402. The zero-order chi connectivity index (χ0) is 9.88. The van der Waals surface area contributed by atoms with Gasteiger partial charge in [-0.15, -0.1) is 0 Å². The van der Waals surface area contributed by atoms with Gasteiger partial charge in [0.2, 0.25) is 0 Å². The summed E-state index contributed by atoms with van der Waals surface area (Å²) in [6, 6.07) is 10.0. The second-order valence-electron chi connectivity index (χ2n) is 5.57. The average Bonchev–Trinajstić information content (AvgIpc) is 3.13. The first-order valence-electron chi connectivity index (χ1n) is 6.20. The summed E-state index contributed by atoms with van der Waals surface area (Å²) < 4.78 is 0. The van der Waals surface area contributed by atoms with Crippen LogP contribution in [-0.2, 0) is 12.0 Å². The first kappa shape index (κ1) is 8.35. The smallest absolute Gasteiger partial charge is 0.0239 e. The normalized spacial score (nSPS) is 27.7. The molecule has 2 aliphatic carbocycles. The van der Waals surface area contributed by atoms with Gasteiger partial charge in [0.1, 0.15) is 0 Å². The Kier molecular flexibility index (Phi) is 1.47. The number of hydrogen-bond acceptors (Lipinski definition) is 1. The van der Waals surface area contributed by atoms with Crippen molar-refractivity contribution < 1.29 is 0 Å². The summed E-state index contributed by atoms with van der Waals surface area (Å²) in [6.45, 7) is 2.55. The van der Waals surface area contributed by atoms with Gasteiger partial charge in [0, 0.05) is 24.5 Å². The van der Waals surface area contributed by atoms with E-state index in [1.165, 1.54) is 38.8 Å². The number of nitrogens with zero attached hydrogens (tertiary/aromatic N) is 1. The second kappa shape index (κ2) is 2.65. The van der Waals surface area contributed by atoms with E-state index in [0.29, 0.717) is 5.41 Å². The van der Waals surface area contributed by atoms with Gasteiger partial charge in [-0.3, -0.25) is 4.90 Å². The molecule has 0 aromatic heterocycles. The molecule has 0 atom stereocenters. The van der Waals surface area contributed by atoms with Crippen molar-refractivity contribution in [2.45, 2.75) is 43.7 Å². The fourth-order valence-corrected chi connectivity index (χ4v) is 3.20. The third-order valence-electron chi connectivity index (χ3n) is 4.38. The van der Waals surface area contributed by atoms with E-state index in [9.17, 15) is 0 Å². The minimum absolute atomic E-state index is 0.581. The van der Waals surface area contributed by atoms with Crippen molar-refractivity contribution in [2.75, 3.05) is 6.54 Å². The maximum absolute atomic E-state index is 2.73. The van der Waals surface area contributed by atoms with Crippen LogP contribution in [0.5, 0.6) is 0 Å². The van der Waals surface area contributed by atoms with E-state index < -0.39 is 0 Å². The SMILES string of the molecule is c1ccc2c(c1)CN(C1CC1)CC21CC1. The lowest BCUT2D eigenvalue weighted by atomic mass is 9.87. The van der Waals surface area contributed by atoms with E-state index in [4.69, 9.17) is 0 Å². The van der Waals surface area contributed by atoms with Crippen LogP contribution in [0.1, 0.15) is 36.8 Å². The highest BCUT2D eigenvalue weighted by molar-refractivity contribution is 5.41. The number of benzene rings is 1. The first-order valence-corrected chi connectivity index (χ1v) is 6.20. The van der Waals surface area contributed by atoms with Gasteiger partial charge >= 0.3 is 0 Å². The molecule has 4 rings (SSSR count). The number of fused-ring (bicyclic) bond motifs is 2. The molecule has 78 valence electrons. The molecule has 0 bridgehead atoms. The summed E-state index contributed by atoms with van der Waals surface area (Å²) in [5, 5.41) is 0. The third-order valence-corrected chi connectivity index (χ3v) is 4.38. The predicted octanol–water partition coefficient (Wildman–Crippen LogP) is 2.70. The highest BCUT2D eigenvalue weighted by Gasteiger charge is 2.50. The van der Waals surface area contributed by atoms with Crippen LogP contribution in [0.3, 0.4) is 0 Å². The van der Waals surface area contributed by atoms with Gasteiger partial charge in [0.05, 0.1) is 0 Å². The Morgan fingerprint density at radius 2 is 1.93 bits per heavy atom. The van der Waals surface area contributed by atoms with Gasteiger partial charge < -0.3 is 0 Å². The molecule has 1 nitrogen and oxygen atoms in total. The first-order chi connectivity index (χ1) is 7.37. The van der Waals surface area contributed by atoms with Crippen LogP contribution >= 0.6 is 0 Å². The fraction of sp³-hybridized carbons (Fsp3) is 0.571. The molecule has 0 saturated heterocycles. The van der Waals surface area contributed by atoms with Crippen molar-refractivity contribution in [3.05, 3.63) is 35.4 Å². The quantitative estimate of drug-likeness (QED) is 0.672. The lowest BCUT2D eigenvalue weighted by Crippen LogP contribution is -2.39. The van der Waals surface area contributed by atoms with Gasteiger partial charge in [-0.2, -0.15) is 0 Å². The van der Waals surface area contributed by atoms with Crippen molar-refractivity contribution in [2.24, 2.45) is 0 Å². The molecule has 3 aliphatic rings. The van der Waals surface area contributed by atoms with Crippen molar-refractivity contribution in [1.29, 1.82) is 0 Å². The zero-order valence-electron chi connectivity index (χ0n) is 9.08. The van der Waals surface area contributed by atoms with Crippen molar-refractivity contribution in [3.63, 3.8) is 0 Å². The Labute approximate surface area is 91.1 Å². The van der Waals surface area contributed by atoms with Crippen LogP contribution < -0.4 is 0 Å². The highest BCUT2D eigenvalue weighted by Crippen LogP contribution is 2.53. The minimum atomic E-state index is 0.581. The summed E-state index contributed by atoms with van der Waals surface area (Å²) in [5.74, 6) is 0. The highest BCUT2D eigenvalue weighted by atomic mass is 15.2. The third kappa shape index (κ3) is 1.19. The second-order valence-corrected chi connectivity index (χ2v) is 5.57. The molecular formula is C14H17N. The molecule has 1 heterocycles. The standard InChI is InChI=1S/C14H17N/c1-2-4-13-11(3-1)9-15(12-5-6-12)10-14(13)7-8-14/h1-4,12H,5-10H2. The monoisotopic (exact) mass is 199 g/mol. The van der Waals surface area contributed by atoms with E-state index >= 15 is 0 Å². The van der Waals surface area contributed by atoms with E-state index in [0.717, 1.165) is 6.04 Å². The van der Waals surface area contributed by atoms with Crippen LogP contribution in [0.25, 0.3) is 0 Å². The Morgan fingerprint density at radius 1 is 1.13 bits per heavy atom. The molecule has 0 N–H and O–H groups in total. The molecule has 0 unspecified atom stereocenters. The van der Waals surface area contributed by atoms with Crippen molar-refractivity contribution >= 4 is 0 Å². The Hall–Kier alpha value is -0.820. The molecule has 0 radical (unpaired) electrons. The summed E-state index contributed by atoms with van der Waals surface area (Å²) in [7, 11) is 0. The lowest BCUT2D eigenvalue weighted by Gasteiger charge is -2.35. The fourth-order valence-electron chi connectivity index (χ4n) is 3.20. The molecule has 15 heavy (non-hydrogen) atoms. The van der Waals surface area contributed by atoms with Crippen molar-refractivity contribution in [1.82, 2.24) is 4.90 Å². The van der Waals surface area contributed by atoms with Crippen LogP contribution in [0, 0.1) is 0 Å². The van der Waals surface area contributed by atoms with E-state index in [1.807, 2.05) is 0 Å². The Balaban J connectivity index is 1.77. The molecule has 1 aliphatic heterocycles. The maximum atomic E-state index is 2.73. The average molecular weight is 199 g/mol. The van der Waals surface area contributed by atoms with E-state index in [1.54, 1.807) is 11.1 Å². The summed E-state index contributed by atoms with van der Waals surface area (Å²) >= 11 is 0. The van der Waals surface area contributed by atoms with Crippen LogP contribution in [0.4, 0.5) is 0 Å². The molecule has 0 amide bonds. The molecule has 2 saturated carbocycles. The number of hydrogen-bond donors (Lipinski definition) is 0. The minimum Gasteiger partial charge on any atom is -0.295 e. The van der Waals surface area contributed by atoms with Gasteiger partial charge in [0.25, 0.3) is 0 Å². The van der Waals surface area contributed by atoms with Gasteiger partial charge in [-0.05, 0) is 36.8 Å². The molecule has 1 aromatic carbocycles. The molecular weight excluding hydrogens is 182 g/mol. The van der Waals surface area contributed by atoms with Crippen LogP contribution in [-0.4, -0.2) is 17.5 Å². The lowest BCUT2D eigenvalue weighted by molar-refractivity contribution is 0.212. The maximum Gasteiger partial charge on any atom is 0.0239 e. The molecule has 1 spiro atoms. The van der Waals surface area contributed by atoms with Crippen LogP contribution in [0.2, 0.25) is 0 Å². The topological polar surface area (TPSA) is 3.24 Å². The molecule has 1 heteroatoms. The summed E-state index contributed by atoms with van der Waals surface area (Å²) in [6.07, 6.45) is 5.73. The van der Waals surface area contributed by atoms with Crippen LogP contribution in [0.15, 0.2) is 24.3 Å². The van der Waals surface area contributed by atoms with Crippen molar-refractivity contribution in [3.8, 4) is 0 Å². The van der Waals surface area contributed by atoms with E-state index in [-0.39, 0.29) is 0 Å².